The Balaban J connectivity index is 2.68. The molecule has 0 fully saturated rings. The van der Waals surface area contributed by atoms with E-state index in [9.17, 15) is 4.39 Å². The molecule has 2 atom stereocenters. The summed E-state index contributed by atoms with van der Waals surface area (Å²) in [6.45, 7) is 7.81. The highest BCUT2D eigenvalue weighted by atomic mass is 35.5. The average molecular weight is 242 g/mol. The van der Waals surface area contributed by atoms with Gasteiger partial charge in [0.15, 0.2) is 0 Å². The molecule has 3 heteroatoms. The van der Waals surface area contributed by atoms with Crippen LogP contribution in [0.2, 0.25) is 5.02 Å². The smallest absolute Gasteiger partial charge is 0.141 e. The maximum absolute atomic E-state index is 13.0. The van der Waals surface area contributed by atoms with Crippen molar-refractivity contribution in [3.8, 4) is 0 Å². The normalized spacial score (nSPS) is 14.5. The van der Waals surface area contributed by atoms with Crippen LogP contribution in [0.25, 0.3) is 0 Å². The third kappa shape index (κ3) is 3.62. The lowest BCUT2D eigenvalue weighted by Gasteiger charge is -2.19. The van der Waals surface area contributed by atoms with Gasteiger partial charge in [-0.1, -0.05) is 23.7 Å². The van der Waals surface area contributed by atoms with Crippen LogP contribution >= 0.6 is 11.6 Å². The lowest BCUT2D eigenvalue weighted by atomic mass is 10.1. The maximum atomic E-state index is 13.0. The maximum Gasteiger partial charge on any atom is 0.141 e. The summed E-state index contributed by atoms with van der Waals surface area (Å²) in [5, 5.41) is 3.56. The van der Waals surface area contributed by atoms with Crippen LogP contribution in [-0.4, -0.2) is 6.04 Å². The molecular formula is C13H17ClFN. The first kappa shape index (κ1) is 13.2. The van der Waals surface area contributed by atoms with E-state index in [0.29, 0.717) is 6.04 Å². The van der Waals surface area contributed by atoms with Gasteiger partial charge in [-0.25, -0.2) is 4.39 Å². The number of benzene rings is 1. The molecular weight excluding hydrogens is 225 g/mol. The Morgan fingerprint density at radius 2 is 2.19 bits per heavy atom. The van der Waals surface area contributed by atoms with Gasteiger partial charge in [-0.2, -0.15) is 0 Å². The van der Waals surface area contributed by atoms with E-state index in [1.165, 1.54) is 6.07 Å². The average Bonchev–Trinajstić information content (AvgIpc) is 2.22. The van der Waals surface area contributed by atoms with Gasteiger partial charge >= 0.3 is 0 Å². The predicted octanol–water partition coefficient (Wildman–Crippen LogP) is 4.09. The van der Waals surface area contributed by atoms with E-state index in [0.717, 1.165) is 12.0 Å². The van der Waals surface area contributed by atoms with E-state index in [2.05, 4.69) is 18.8 Å². The predicted molar refractivity (Wildman–Crippen MR) is 67.2 cm³/mol. The van der Waals surface area contributed by atoms with Gasteiger partial charge < -0.3 is 5.32 Å². The molecule has 0 aromatic heterocycles. The molecule has 1 rings (SSSR count). The second-order valence-electron chi connectivity index (χ2n) is 3.99. The Morgan fingerprint density at radius 3 is 2.75 bits per heavy atom. The van der Waals surface area contributed by atoms with Crippen molar-refractivity contribution in [1.29, 1.82) is 0 Å². The number of hydrogen-bond donors (Lipinski definition) is 1. The molecule has 0 saturated heterocycles. The van der Waals surface area contributed by atoms with Crippen LogP contribution in [0.1, 0.15) is 31.9 Å². The standard InChI is InChI=1S/C13H17ClFN/c1-4-5-9(2)16-10(3)11-6-7-13(15)12(14)8-11/h4,6-10,16H,1,5H2,2-3H3. The fraction of sp³-hybridized carbons (Fsp3) is 0.385. The molecule has 0 heterocycles. The zero-order valence-corrected chi connectivity index (χ0v) is 10.4. The monoisotopic (exact) mass is 241 g/mol. The molecule has 0 amide bonds. The number of rotatable bonds is 5. The quantitative estimate of drug-likeness (QED) is 0.766. The highest BCUT2D eigenvalue weighted by Crippen LogP contribution is 2.21. The lowest BCUT2D eigenvalue weighted by Crippen LogP contribution is -2.28. The van der Waals surface area contributed by atoms with Gasteiger partial charge in [0.25, 0.3) is 0 Å². The van der Waals surface area contributed by atoms with E-state index in [4.69, 9.17) is 11.6 Å². The Labute approximate surface area is 101 Å². The Bertz CT molecular complexity index is 365. The third-order valence-electron chi connectivity index (χ3n) is 2.50. The lowest BCUT2D eigenvalue weighted by molar-refractivity contribution is 0.482. The number of halogens is 2. The molecule has 1 aromatic rings. The summed E-state index contributed by atoms with van der Waals surface area (Å²) in [6.07, 6.45) is 2.78. The van der Waals surface area contributed by atoms with E-state index < -0.39 is 0 Å². The second kappa shape index (κ2) is 6.02. The van der Waals surface area contributed by atoms with Crippen LogP contribution in [0, 0.1) is 5.82 Å². The van der Waals surface area contributed by atoms with Crippen LogP contribution in [0.4, 0.5) is 4.39 Å². The molecule has 0 spiro atoms. The van der Waals surface area contributed by atoms with Crippen molar-refractivity contribution in [3.63, 3.8) is 0 Å². The molecule has 1 aromatic carbocycles. The Hall–Kier alpha value is -0.860. The van der Waals surface area contributed by atoms with Crippen molar-refractivity contribution in [2.75, 3.05) is 0 Å². The van der Waals surface area contributed by atoms with Crippen molar-refractivity contribution in [1.82, 2.24) is 5.32 Å². The summed E-state index contributed by atoms with van der Waals surface area (Å²) < 4.78 is 13.0. The third-order valence-corrected chi connectivity index (χ3v) is 2.79. The van der Waals surface area contributed by atoms with Gasteiger partial charge in [-0.3, -0.25) is 0 Å². The molecule has 0 saturated carbocycles. The van der Waals surface area contributed by atoms with Crippen molar-refractivity contribution in [3.05, 3.63) is 47.3 Å². The zero-order valence-electron chi connectivity index (χ0n) is 9.63. The van der Waals surface area contributed by atoms with Crippen LogP contribution in [0.5, 0.6) is 0 Å². The Morgan fingerprint density at radius 1 is 1.50 bits per heavy atom. The molecule has 88 valence electrons. The molecule has 2 unspecified atom stereocenters. The molecule has 0 aliphatic rings. The SMILES string of the molecule is C=CCC(C)NC(C)c1ccc(F)c(Cl)c1. The minimum atomic E-state index is -0.378. The van der Waals surface area contributed by atoms with Crippen LogP contribution in [0.15, 0.2) is 30.9 Å². The Kier molecular flexibility index (Phi) is 4.97. The number of hydrogen-bond acceptors (Lipinski definition) is 1. The molecule has 0 radical (unpaired) electrons. The summed E-state index contributed by atoms with van der Waals surface area (Å²) in [6, 6.07) is 5.30. The number of nitrogens with one attached hydrogen (secondary N) is 1. The fourth-order valence-electron chi connectivity index (χ4n) is 1.62. The highest BCUT2D eigenvalue weighted by molar-refractivity contribution is 6.30. The van der Waals surface area contributed by atoms with Crippen molar-refractivity contribution >= 4 is 11.6 Å². The summed E-state index contributed by atoms with van der Waals surface area (Å²) >= 11 is 5.74. The van der Waals surface area contributed by atoms with Crippen LogP contribution in [0.3, 0.4) is 0 Å². The van der Waals surface area contributed by atoms with Gasteiger partial charge in [0.1, 0.15) is 5.82 Å². The van der Waals surface area contributed by atoms with Crippen molar-refractivity contribution in [2.45, 2.75) is 32.4 Å². The molecule has 1 N–H and O–H groups in total. The van der Waals surface area contributed by atoms with E-state index >= 15 is 0 Å². The van der Waals surface area contributed by atoms with Crippen molar-refractivity contribution in [2.24, 2.45) is 0 Å². The summed E-state index contributed by atoms with van der Waals surface area (Å²) in [7, 11) is 0. The highest BCUT2D eigenvalue weighted by Gasteiger charge is 2.10. The molecule has 16 heavy (non-hydrogen) atoms. The molecule has 0 bridgehead atoms. The molecule has 1 nitrogen and oxygen atoms in total. The molecule has 0 aliphatic heterocycles. The van der Waals surface area contributed by atoms with E-state index in [-0.39, 0.29) is 16.9 Å². The molecule has 0 aliphatic carbocycles. The minimum Gasteiger partial charge on any atom is -0.307 e. The minimum absolute atomic E-state index is 0.146. The van der Waals surface area contributed by atoms with Gasteiger partial charge in [0.2, 0.25) is 0 Å². The summed E-state index contributed by atoms with van der Waals surface area (Å²) in [5.74, 6) is -0.378. The second-order valence-corrected chi connectivity index (χ2v) is 4.39. The van der Waals surface area contributed by atoms with Crippen LogP contribution in [-0.2, 0) is 0 Å². The van der Waals surface area contributed by atoms with Crippen molar-refractivity contribution < 1.29 is 4.39 Å². The zero-order chi connectivity index (χ0) is 12.1. The van der Waals surface area contributed by atoms with Gasteiger partial charge in [0.05, 0.1) is 5.02 Å². The topological polar surface area (TPSA) is 12.0 Å². The summed E-state index contributed by atoms with van der Waals surface area (Å²) in [4.78, 5) is 0. The van der Waals surface area contributed by atoms with Crippen LogP contribution < -0.4 is 5.32 Å². The van der Waals surface area contributed by atoms with Gasteiger partial charge in [0, 0.05) is 12.1 Å². The summed E-state index contributed by atoms with van der Waals surface area (Å²) in [5.41, 5.74) is 0.988. The first-order valence-corrected chi connectivity index (χ1v) is 5.74. The van der Waals surface area contributed by atoms with E-state index in [1.54, 1.807) is 12.1 Å². The fourth-order valence-corrected chi connectivity index (χ4v) is 1.81. The first-order valence-electron chi connectivity index (χ1n) is 5.36. The van der Waals surface area contributed by atoms with E-state index in [1.807, 2.05) is 13.0 Å². The van der Waals surface area contributed by atoms with Gasteiger partial charge in [-0.15, -0.1) is 6.58 Å². The largest absolute Gasteiger partial charge is 0.307 e. The van der Waals surface area contributed by atoms with Gasteiger partial charge in [-0.05, 0) is 38.0 Å². The first-order chi connectivity index (χ1) is 7.54.